The van der Waals surface area contributed by atoms with E-state index in [1.54, 1.807) is 32.9 Å². The lowest BCUT2D eigenvalue weighted by atomic mass is 10.1. The van der Waals surface area contributed by atoms with E-state index in [2.05, 4.69) is 9.97 Å². The molecule has 1 N–H and O–H groups in total. The van der Waals surface area contributed by atoms with Crippen molar-refractivity contribution in [1.29, 1.82) is 0 Å². The molecule has 152 valence electrons. The largest absolute Gasteiger partial charge is 0.462 e. The van der Waals surface area contributed by atoms with Crippen molar-refractivity contribution in [2.24, 2.45) is 0 Å². The van der Waals surface area contributed by atoms with Crippen LogP contribution in [-0.4, -0.2) is 28.5 Å². The minimum Gasteiger partial charge on any atom is -0.462 e. The van der Waals surface area contributed by atoms with Gasteiger partial charge in [0.2, 0.25) is 0 Å². The number of benzene rings is 1. The number of H-pyrrole nitrogens is 1. The molecule has 0 aliphatic heterocycles. The molecule has 0 fully saturated rings. The molecule has 7 nitrogen and oxygen atoms in total. The fourth-order valence-electron chi connectivity index (χ4n) is 2.90. The minimum absolute atomic E-state index is 0.219. The Kier molecular flexibility index (Phi) is 5.83. The summed E-state index contributed by atoms with van der Waals surface area (Å²) in [6.45, 7) is 9.16. The van der Waals surface area contributed by atoms with Crippen LogP contribution in [0.3, 0.4) is 0 Å². The number of carbonyl (C=O) groups excluding carboxylic acids is 2. The van der Waals surface area contributed by atoms with Crippen LogP contribution in [-0.2, 0) is 9.47 Å². The summed E-state index contributed by atoms with van der Waals surface area (Å²) in [4.78, 5) is 45.0. The van der Waals surface area contributed by atoms with Gasteiger partial charge in [0, 0.05) is 0 Å². The van der Waals surface area contributed by atoms with Gasteiger partial charge in [-0.25, -0.2) is 14.6 Å². The van der Waals surface area contributed by atoms with Crippen molar-refractivity contribution in [3.8, 4) is 0 Å². The van der Waals surface area contributed by atoms with Crippen molar-refractivity contribution in [2.45, 2.75) is 40.7 Å². The number of aryl methyl sites for hydroxylation is 3. The molecule has 0 bridgehead atoms. The highest BCUT2D eigenvalue weighted by Crippen LogP contribution is 2.28. The van der Waals surface area contributed by atoms with E-state index in [9.17, 15) is 14.4 Å². The Labute approximate surface area is 171 Å². The second kappa shape index (κ2) is 8.16. The molecule has 0 aliphatic rings. The molecule has 0 saturated heterocycles. The number of nitrogens with zero attached hydrogens (tertiary/aromatic N) is 1. The average Bonchev–Trinajstić information content (AvgIpc) is 3.01. The Balaban J connectivity index is 1.91. The predicted octanol–water partition coefficient (Wildman–Crippen LogP) is 4.00. The van der Waals surface area contributed by atoms with Crippen molar-refractivity contribution in [3.63, 3.8) is 0 Å². The minimum atomic E-state index is -0.769. The smallest absolute Gasteiger partial charge is 0.348 e. The number of aromatic nitrogens is 2. The molecule has 1 atom stereocenters. The molecular weight excluding hydrogens is 392 g/mol. The third-order valence-corrected chi connectivity index (χ3v) is 5.86. The molecule has 2 aromatic heterocycles. The van der Waals surface area contributed by atoms with Crippen LogP contribution in [0.2, 0.25) is 0 Å². The third-order valence-electron chi connectivity index (χ3n) is 4.69. The van der Waals surface area contributed by atoms with Crippen LogP contribution in [0.5, 0.6) is 0 Å². The standard InChI is InChI=1S/C21H22N2O5S/c1-6-27-21(26)16-12(4)15-18(24)22-17(23-19(15)29-16)13(5)28-20(25)14-8-7-10(2)11(3)9-14/h7-9,13H,6H2,1-5H3,(H,22,23,24)/t13-/m1/s1. The second-order valence-corrected chi connectivity index (χ2v) is 7.75. The summed E-state index contributed by atoms with van der Waals surface area (Å²) < 4.78 is 10.5. The van der Waals surface area contributed by atoms with Gasteiger partial charge in [0.1, 0.15) is 9.71 Å². The van der Waals surface area contributed by atoms with Gasteiger partial charge in [0.25, 0.3) is 5.56 Å². The maximum absolute atomic E-state index is 12.6. The zero-order valence-electron chi connectivity index (χ0n) is 16.9. The van der Waals surface area contributed by atoms with Crippen LogP contribution in [0.15, 0.2) is 23.0 Å². The number of fused-ring (bicyclic) bond motifs is 1. The van der Waals surface area contributed by atoms with Crippen LogP contribution in [0.1, 0.15) is 62.5 Å². The quantitative estimate of drug-likeness (QED) is 0.634. The summed E-state index contributed by atoms with van der Waals surface area (Å²) in [5.74, 6) is -0.766. The monoisotopic (exact) mass is 414 g/mol. The van der Waals surface area contributed by atoms with Crippen molar-refractivity contribution in [3.05, 3.63) is 61.5 Å². The summed E-state index contributed by atoms with van der Waals surface area (Å²) in [5, 5.41) is 0.342. The highest BCUT2D eigenvalue weighted by atomic mass is 32.1. The van der Waals surface area contributed by atoms with Crippen LogP contribution in [0.25, 0.3) is 10.2 Å². The van der Waals surface area contributed by atoms with E-state index < -0.39 is 18.0 Å². The van der Waals surface area contributed by atoms with Crippen molar-refractivity contribution in [1.82, 2.24) is 9.97 Å². The predicted molar refractivity (Wildman–Crippen MR) is 111 cm³/mol. The van der Waals surface area contributed by atoms with E-state index in [1.807, 2.05) is 19.9 Å². The topological polar surface area (TPSA) is 98.3 Å². The van der Waals surface area contributed by atoms with Gasteiger partial charge < -0.3 is 14.5 Å². The summed E-state index contributed by atoms with van der Waals surface area (Å²) in [7, 11) is 0. The number of hydrogen-bond acceptors (Lipinski definition) is 7. The molecule has 3 aromatic rings. The Morgan fingerprint density at radius 3 is 2.55 bits per heavy atom. The maximum Gasteiger partial charge on any atom is 0.348 e. The fraction of sp³-hybridized carbons (Fsp3) is 0.333. The van der Waals surface area contributed by atoms with E-state index in [1.165, 1.54) is 0 Å². The summed E-state index contributed by atoms with van der Waals surface area (Å²) in [6.07, 6.45) is -0.769. The van der Waals surface area contributed by atoms with Crippen LogP contribution < -0.4 is 5.56 Å². The number of rotatable bonds is 5. The number of nitrogens with one attached hydrogen (secondary N) is 1. The zero-order chi connectivity index (χ0) is 21.3. The van der Waals surface area contributed by atoms with Crippen LogP contribution in [0.4, 0.5) is 0 Å². The molecule has 1 aromatic carbocycles. The SMILES string of the molecule is CCOC(=O)c1sc2nc([C@@H](C)OC(=O)c3ccc(C)c(C)c3)[nH]c(=O)c2c1C. The molecule has 8 heteroatoms. The highest BCUT2D eigenvalue weighted by Gasteiger charge is 2.22. The second-order valence-electron chi connectivity index (χ2n) is 6.75. The molecule has 0 saturated carbocycles. The molecule has 0 unspecified atom stereocenters. The van der Waals surface area contributed by atoms with Crippen molar-refractivity contribution in [2.75, 3.05) is 6.61 Å². The first-order chi connectivity index (χ1) is 13.7. The van der Waals surface area contributed by atoms with Gasteiger partial charge in [-0.2, -0.15) is 0 Å². The first-order valence-corrected chi connectivity index (χ1v) is 10.0. The highest BCUT2D eigenvalue weighted by molar-refractivity contribution is 7.20. The fourth-order valence-corrected chi connectivity index (χ4v) is 3.98. The maximum atomic E-state index is 12.6. The Morgan fingerprint density at radius 1 is 1.17 bits per heavy atom. The number of thiophene rings is 1. The van der Waals surface area contributed by atoms with Gasteiger partial charge in [0.05, 0.1) is 17.6 Å². The summed E-state index contributed by atoms with van der Waals surface area (Å²) in [6, 6.07) is 5.32. The lowest BCUT2D eigenvalue weighted by molar-refractivity contribution is 0.0319. The average molecular weight is 414 g/mol. The normalized spacial score (nSPS) is 12.0. The van der Waals surface area contributed by atoms with Crippen LogP contribution >= 0.6 is 11.3 Å². The molecular formula is C21H22N2O5S. The Bertz CT molecular complexity index is 1160. The van der Waals surface area contributed by atoms with Gasteiger partial charge in [-0.3, -0.25) is 4.79 Å². The lowest BCUT2D eigenvalue weighted by Gasteiger charge is -2.13. The van der Waals surface area contributed by atoms with Crippen molar-refractivity contribution >= 4 is 33.5 Å². The van der Waals surface area contributed by atoms with E-state index in [-0.39, 0.29) is 18.0 Å². The number of carbonyl (C=O) groups is 2. The Hall–Kier alpha value is -3.00. The van der Waals surface area contributed by atoms with E-state index in [0.29, 0.717) is 26.2 Å². The van der Waals surface area contributed by atoms with Gasteiger partial charge >= 0.3 is 11.9 Å². The Morgan fingerprint density at radius 2 is 1.90 bits per heavy atom. The molecule has 0 spiro atoms. The third kappa shape index (κ3) is 4.07. The molecule has 3 rings (SSSR count). The first-order valence-electron chi connectivity index (χ1n) is 9.21. The first kappa shape index (κ1) is 20.7. The number of esters is 2. The van der Waals surface area contributed by atoms with E-state index in [0.717, 1.165) is 22.5 Å². The van der Waals surface area contributed by atoms with Crippen LogP contribution in [0, 0.1) is 20.8 Å². The molecule has 0 radical (unpaired) electrons. The molecule has 0 aliphatic carbocycles. The van der Waals surface area contributed by atoms with Gasteiger partial charge in [0.15, 0.2) is 11.9 Å². The molecule has 2 heterocycles. The van der Waals surface area contributed by atoms with E-state index in [4.69, 9.17) is 9.47 Å². The molecule has 29 heavy (non-hydrogen) atoms. The van der Waals surface area contributed by atoms with E-state index >= 15 is 0 Å². The number of aromatic amines is 1. The lowest BCUT2D eigenvalue weighted by Crippen LogP contribution is -2.17. The van der Waals surface area contributed by atoms with Gasteiger partial charge in [-0.05, 0) is 63.4 Å². The number of hydrogen-bond donors (Lipinski definition) is 1. The van der Waals surface area contributed by atoms with Gasteiger partial charge in [-0.15, -0.1) is 11.3 Å². The van der Waals surface area contributed by atoms with Crippen molar-refractivity contribution < 1.29 is 19.1 Å². The summed E-state index contributed by atoms with van der Waals surface area (Å²) >= 11 is 1.09. The molecule has 0 amide bonds. The zero-order valence-corrected chi connectivity index (χ0v) is 17.7. The summed E-state index contributed by atoms with van der Waals surface area (Å²) in [5.41, 5.74) is 2.64. The number of ether oxygens (including phenoxy) is 2. The van der Waals surface area contributed by atoms with Gasteiger partial charge in [-0.1, -0.05) is 6.07 Å².